The second-order valence-electron chi connectivity index (χ2n) is 6.70. The summed E-state index contributed by atoms with van der Waals surface area (Å²) < 4.78 is 2.08. The van der Waals surface area contributed by atoms with Crippen LogP contribution in [0.15, 0.2) is 12.4 Å². The Morgan fingerprint density at radius 2 is 2.17 bits per heavy atom. The number of carbonyl (C=O) groups is 2. The van der Waals surface area contributed by atoms with Crippen LogP contribution in [0.2, 0.25) is 0 Å². The monoisotopic (exact) mass is 318 g/mol. The lowest BCUT2D eigenvalue weighted by atomic mass is 10.1. The standard InChI is InChI=1S/C17H26N4O2/c1-13-18-8-10-20(13)9-4-7-19-17(23)14-11-16(22)21(12-14)15-5-2-3-6-15/h8,10,14-15H,2-7,9,11-12H2,1H3,(H,19,23). The SMILES string of the molecule is Cc1nccn1CCCNC(=O)C1CC(=O)N(C2CCCC2)C1. The van der Waals surface area contributed by atoms with E-state index in [0.29, 0.717) is 25.6 Å². The minimum Gasteiger partial charge on any atom is -0.356 e. The highest BCUT2D eigenvalue weighted by Crippen LogP contribution is 2.29. The van der Waals surface area contributed by atoms with Gasteiger partial charge in [0.05, 0.1) is 5.92 Å². The number of amides is 2. The number of aryl methyl sites for hydroxylation is 2. The molecule has 1 saturated heterocycles. The summed E-state index contributed by atoms with van der Waals surface area (Å²) in [6, 6.07) is 0.379. The fraction of sp³-hybridized carbons (Fsp3) is 0.706. The van der Waals surface area contributed by atoms with Gasteiger partial charge in [0.2, 0.25) is 11.8 Å². The summed E-state index contributed by atoms with van der Waals surface area (Å²) in [7, 11) is 0. The lowest BCUT2D eigenvalue weighted by Gasteiger charge is -2.23. The molecule has 3 rings (SSSR count). The highest BCUT2D eigenvalue weighted by Gasteiger charge is 2.38. The van der Waals surface area contributed by atoms with Gasteiger partial charge in [0.15, 0.2) is 0 Å². The Morgan fingerprint density at radius 3 is 2.87 bits per heavy atom. The molecule has 1 unspecified atom stereocenters. The van der Waals surface area contributed by atoms with Gasteiger partial charge in [-0.3, -0.25) is 9.59 Å². The van der Waals surface area contributed by atoms with Crippen LogP contribution in [0.1, 0.15) is 44.3 Å². The summed E-state index contributed by atoms with van der Waals surface area (Å²) in [6.07, 6.45) is 9.60. The number of aromatic nitrogens is 2. The van der Waals surface area contributed by atoms with Gasteiger partial charge in [0.25, 0.3) is 0 Å². The van der Waals surface area contributed by atoms with Crippen LogP contribution in [-0.4, -0.2) is 45.4 Å². The molecule has 1 saturated carbocycles. The smallest absolute Gasteiger partial charge is 0.225 e. The van der Waals surface area contributed by atoms with E-state index in [-0.39, 0.29) is 17.7 Å². The van der Waals surface area contributed by atoms with Crippen LogP contribution >= 0.6 is 0 Å². The average Bonchev–Trinajstić information content (AvgIpc) is 3.25. The molecule has 6 heteroatoms. The number of carbonyl (C=O) groups excluding carboxylic acids is 2. The zero-order valence-electron chi connectivity index (χ0n) is 13.8. The maximum Gasteiger partial charge on any atom is 0.225 e. The van der Waals surface area contributed by atoms with E-state index in [2.05, 4.69) is 14.9 Å². The van der Waals surface area contributed by atoms with Crippen molar-refractivity contribution in [3.63, 3.8) is 0 Å². The van der Waals surface area contributed by atoms with E-state index in [1.165, 1.54) is 12.8 Å². The van der Waals surface area contributed by atoms with Crippen LogP contribution in [0.5, 0.6) is 0 Å². The van der Waals surface area contributed by atoms with Gasteiger partial charge in [-0.15, -0.1) is 0 Å². The van der Waals surface area contributed by atoms with Gasteiger partial charge < -0.3 is 14.8 Å². The van der Waals surface area contributed by atoms with Crippen molar-refractivity contribution in [3.8, 4) is 0 Å². The zero-order valence-corrected chi connectivity index (χ0v) is 13.8. The predicted octanol–water partition coefficient (Wildman–Crippen LogP) is 1.49. The van der Waals surface area contributed by atoms with E-state index in [4.69, 9.17) is 0 Å². The maximum absolute atomic E-state index is 12.3. The summed E-state index contributed by atoms with van der Waals surface area (Å²) in [6.45, 7) is 4.07. The highest BCUT2D eigenvalue weighted by molar-refractivity contribution is 5.89. The fourth-order valence-corrected chi connectivity index (χ4v) is 3.72. The molecule has 0 bridgehead atoms. The van der Waals surface area contributed by atoms with Crippen LogP contribution < -0.4 is 5.32 Å². The second kappa shape index (κ2) is 7.15. The molecule has 2 fully saturated rings. The molecule has 23 heavy (non-hydrogen) atoms. The normalized spacial score (nSPS) is 22.0. The largest absolute Gasteiger partial charge is 0.356 e. The van der Waals surface area contributed by atoms with Gasteiger partial charge in [0.1, 0.15) is 5.82 Å². The molecule has 2 aliphatic rings. The van der Waals surface area contributed by atoms with Crippen molar-refractivity contribution < 1.29 is 9.59 Å². The molecule has 0 spiro atoms. The Kier molecular flexibility index (Phi) is 4.98. The summed E-state index contributed by atoms with van der Waals surface area (Å²) >= 11 is 0. The van der Waals surface area contributed by atoms with E-state index < -0.39 is 0 Å². The van der Waals surface area contributed by atoms with E-state index in [1.54, 1.807) is 6.20 Å². The molecule has 1 aromatic rings. The average molecular weight is 318 g/mol. The van der Waals surface area contributed by atoms with Gasteiger partial charge in [-0.1, -0.05) is 12.8 Å². The van der Waals surface area contributed by atoms with Crippen molar-refractivity contribution in [2.75, 3.05) is 13.1 Å². The van der Waals surface area contributed by atoms with Crippen LogP contribution in [-0.2, 0) is 16.1 Å². The summed E-state index contributed by atoms with van der Waals surface area (Å²) in [4.78, 5) is 30.5. The Bertz CT molecular complexity index is 563. The Balaban J connectivity index is 1.40. The number of hydrogen-bond donors (Lipinski definition) is 1. The number of hydrogen-bond acceptors (Lipinski definition) is 3. The maximum atomic E-state index is 12.3. The van der Waals surface area contributed by atoms with E-state index in [9.17, 15) is 9.59 Å². The third-order valence-corrected chi connectivity index (χ3v) is 5.09. The van der Waals surface area contributed by atoms with Crippen molar-refractivity contribution in [1.29, 1.82) is 0 Å². The fourth-order valence-electron chi connectivity index (χ4n) is 3.72. The molecular formula is C17H26N4O2. The quantitative estimate of drug-likeness (QED) is 0.808. The summed E-state index contributed by atoms with van der Waals surface area (Å²) in [5, 5.41) is 2.99. The van der Waals surface area contributed by atoms with Crippen LogP contribution in [0.4, 0.5) is 0 Å². The number of nitrogens with one attached hydrogen (secondary N) is 1. The van der Waals surface area contributed by atoms with Gasteiger partial charge >= 0.3 is 0 Å². The highest BCUT2D eigenvalue weighted by atomic mass is 16.2. The van der Waals surface area contributed by atoms with Crippen molar-refractivity contribution in [2.24, 2.45) is 5.92 Å². The number of rotatable bonds is 6. The Hall–Kier alpha value is -1.85. The lowest BCUT2D eigenvalue weighted by molar-refractivity contribution is -0.130. The molecule has 0 aromatic carbocycles. The lowest BCUT2D eigenvalue weighted by Crippen LogP contribution is -2.37. The molecule has 1 aromatic heterocycles. The molecule has 126 valence electrons. The molecule has 1 aliphatic heterocycles. The van der Waals surface area contributed by atoms with E-state index in [1.807, 2.05) is 18.0 Å². The number of nitrogens with zero attached hydrogens (tertiary/aromatic N) is 3. The Labute approximate surface area is 137 Å². The first kappa shape index (κ1) is 16.0. The molecule has 2 amide bonds. The molecule has 2 heterocycles. The third-order valence-electron chi connectivity index (χ3n) is 5.09. The zero-order chi connectivity index (χ0) is 16.2. The number of imidazole rings is 1. The molecule has 6 nitrogen and oxygen atoms in total. The molecule has 1 atom stereocenters. The molecular weight excluding hydrogens is 292 g/mol. The van der Waals surface area contributed by atoms with Gasteiger partial charge in [-0.25, -0.2) is 4.98 Å². The molecule has 1 aliphatic carbocycles. The van der Waals surface area contributed by atoms with Crippen LogP contribution in [0.25, 0.3) is 0 Å². The summed E-state index contributed by atoms with van der Waals surface area (Å²) in [5.41, 5.74) is 0. The first-order valence-electron chi connectivity index (χ1n) is 8.70. The third kappa shape index (κ3) is 3.74. The van der Waals surface area contributed by atoms with Crippen LogP contribution in [0.3, 0.4) is 0 Å². The van der Waals surface area contributed by atoms with Gasteiger partial charge in [-0.05, 0) is 26.2 Å². The van der Waals surface area contributed by atoms with Crippen molar-refractivity contribution in [2.45, 2.75) is 58.0 Å². The van der Waals surface area contributed by atoms with Crippen LogP contribution in [0, 0.1) is 12.8 Å². The Morgan fingerprint density at radius 1 is 1.39 bits per heavy atom. The van der Waals surface area contributed by atoms with Gasteiger partial charge in [-0.2, -0.15) is 0 Å². The van der Waals surface area contributed by atoms with Crippen molar-refractivity contribution in [1.82, 2.24) is 19.8 Å². The second-order valence-corrected chi connectivity index (χ2v) is 6.70. The number of likely N-dealkylation sites (tertiary alicyclic amines) is 1. The first-order chi connectivity index (χ1) is 11.1. The minimum atomic E-state index is -0.168. The molecule has 0 radical (unpaired) electrons. The van der Waals surface area contributed by atoms with Gasteiger partial charge in [0, 0.05) is 44.5 Å². The van der Waals surface area contributed by atoms with Crippen molar-refractivity contribution in [3.05, 3.63) is 18.2 Å². The first-order valence-corrected chi connectivity index (χ1v) is 8.70. The van der Waals surface area contributed by atoms with E-state index in [0.717, 1.165) is 31.6 Å². The minimum absolute atomic E-state index is 0.0289. The summed E-state index contributed by atoms with van der Waals surface area (Å²) in [5.74, 6) is 1.01. The van der Waals surface area contributed by atoms with E-state index >= 15 is 0 Å². The predicted molar refractivity (Wildman–Crippen MR) is 86.7 cm³/mol. The topological polar surface area (TPSA) is 67.2 Å². The van der Waals surface area contributed by atoms with Crippen molar-refractivity contribution >= 4 is 11.8 Å². The molecule has 1 N–H and O–H groups in total.